The first-order valence-electron chi connectivity index (χ1n) is 10.7. The van der Waals surface area contributed by atoms with Gasteiger partial charge >= 0.3 is 0 Å². The van der Waals surface area contributed by atoms with Crippen LogP contribution in [0.15, 0.2) is 60.8 Å². The van der Waals surface area contributed by atoms with Gasteiger partial charge in [-0.1, -0.05) is 30.3 Å². The molecule has 0 fully saturated rings. The van der Waals surface area contributed by atoms with Gasteiger partial charge < -0.3 is 4.57 Å². The molecule has 0 bridgehead atoms. The van der Waals surface area contributed by atoms with Crippen molar-refractivity contribution in [3.8, 4) is 11.3 Å². The van der Waals surface area contributed by atoms with E-state index < -0.39 is 0 Å². The van der Waals surface area contributed by atoms with Crippen LogP contribution in [0.5, 0.6) is 0 Å². The average molecular weight is 417 g/mol. The van der Waals surface area contributed by atoms with E-state index >= 15 is 0 Å². The minimum atomic E-state index is -0.233. The molecule has 3 heterocycles. The van der Waals surface area contributed by atoms with Crippen molar-refractivity contribution in [1.82, 2.24) is 29.9 Å². The first-order valence-corrected chi connectivity index (χ1v) is 10.7. The van der Waals surface area contributed by atoms with E-state index in [2.05, 4.69) is 54.1 Å². The van der Waals surface area contributed by atoms with Crippen LogP contribution >= 0.6 is 0 Å². The summed E-state index contributed by atoms with van der Waals surface area (Å²) in [5.74, 6) is 1.90. The van der Waals surface area contributed by atoms with Gasteiger partial charge in [0.15, 0.2) is 0 Å². The summed E-state index contributed by atoms with van der Waals surface area (Å²) in [4.78, 5) is 2.42. The number of benzene rings is 2. The molecule has 7 heteroatoms. The van der Waals surface area contributed by atoms with Gasteiger partial charge in [0.25, 0.3) is 0 Å². The fraction of sp³-hybridized carbons (Fsp3) is 0.292. The van der Waals surface area contributed by atoms with E-state index in [1.807, 2.05) is 12.3 Å². The van der Waals surface area contributed by atoms with Gasteiger partial charge in [-0.2, -0.15) is 5.10 Å². The van der Waals surface area contributed by atoms with Gasteiger partial charge in [-0.25, -0.2) is 4.39 Å². The zero-order valence-electron chi connectivity index (χ0n) is 17.3. The lowest BCUT2D eigenvalue weighted by molar-refractivity contribution is 0.270. The lowest BCUT2D eigenvalue weighted by Gasteiger charge is -2.19. The Morgan fingerprint density at radius 1 is 0.903 bits per heavy atom. The number of aromatic amines is 1. The molecule has 0 unspecified atom stereocenters. The van der Waals surface area contributed by atoms with Crippen LogP contribution in [-0.2, 0) is 32.4 Å². The van der Waals surface area contributed by atoms with Crippen LogP contribution in [0.25, 0.3) is 11.3 Å². The minimum absolute atomic E-state index is 0.233. The van der Waals surface area contributed by atoms with Crippen molar-refractivity contribution in [2.75, 3.05) is 13.1 Å². The third-order valence-electron chi connectivity index (χ3n) is 5.92. The Hall–Kier alpha value is -3.32. The summed E-state index contributed by atoms with van der Waals surface area (Å²) < 4.78 is 15.6. The van der Waals surface area contributed by atoms with E-state index in [1.54, 1.807) is 12.1 Å². The van der Waals surface area contributed by atoms with Crippen LogP contribution in [0.2, 0.25) is 0 Å². The summed E-state index contributed by atoms with van der Waals surface area (Å²) in [6.45, 7) is 3.53. The minimum Gasteiger partial charge on any atom is -0.314 e. The summed E-state index contributed by atoms with van der Waals surface area (Å²) in [5, 5.41) is 16.2. The molecule has 0 amide bonds. The molecular formula is C24H25FN6. The SMILES string of the molecule is Fc1ccc(-c2[nH]ncc2CN2CCc3nnc(CCc4ccccc4)n3CC2)cc1. The maximum absolute atomic E-state index is 13.3. The van der Waals surface area contributed by atoms with Gasteiger partial charge in [-0.05, 0) is 36.2 Å². The van der Waals surface area contributed by atoms with Crippen LogP contribution in [0.1, 0.15) is 22.8 Å². The Kier molecular flexibility index (Phi) is 5.58. The van der Waals surface area contributed by atoms with Gasteiger partial charge in [-0.15, -0.1) is 10.2 Å². The maximum Gasteiger partial charge on any atom is 0.134 e. The zero-order valence-corrected chi connectivity index (χ0v) is 17.3. The number of rotatable bonds is 6. The number of H-pyrrole nitrogens is 1. The third-order valence-corrected chi connectivity index (χ3v) is 5.92. The smallest absolute Gasteiger partial charge is 0.134 e. The summed E-state index contributed by atoms with van der Waals surface area (Å²) in [6, 6.07) is 17.0. The van der Waals surface area contributed by atoms with Gasteiger partial charge in [0.2, 0.25) is 0 Å². The van der Waals surface area contributed by atoms with Crippen molar-refractivity contribution < 1.29 is 4.39 Å². The van der Waals surface area contributed by atoms with E-state index in [0.717, 1.165) is 73.9 Å². The van der Waals surface area contributed by atoms with E-state index in [4.69, 9.17) is 0 Å². The first-order chi connectivity index (χ1) is 15.3. The molecule has 2 aromatic carbocycles. The quantitative estimate of drug-likeness (QED) is 0.521. The highest BCUT2D eigenvalue weighted by Gasteiger charge is 2.20. The number of hydrogen-bond donors (Lipinski definition) is 1. The first kappa shape index (κ1) is 19.6. The number of aryl methyl sites for hydroxylation is 2. The molecule has 1 aliphatic heterocycles. The third kappa shape index (κ3) is 4.41. The molecule has 2 aromatic heterocycles. The molecule has 0 radical (unpaired) electrons. The Morgan fingerprint density at radius 3 is 2.58 bits per heavy atom. The summed E-state index contributed by atoms with van der Waals surface area (Å²) >= 11 is 0. The Morgan fingerprint density at radius 2 is 1.74 bits per heavy atom. The topological polar surface area (TPSA) is 62.6 Å². The van der Waals surface area contributed by atoms with E-state index in [9.17, 15) is 4.39 Å². The predicted octanol–water partition coefficient (Wildman–Crippen LogP) is 3.65. The van der Waals surface area contributed by atoms with Crippen LogP contribution in [0, 0.1) is 5.82 Å². The van der Waals surface area contributed by atoms with Crippen molar-refractivity contribution in [3.05, 3.63) is 89.4 Å². The van der Waals surface area contributed by atoms with E-state index in [1.165, 1.54) is 17.7 Å². The molecule has 0 atom stereocenters. The molecule has 31 heavy (non-hydrogen) atoms. The van der Waals surface area contributed by atoms with Crippen molar-refractivity contribution in [1.29, 1.82) is 0 Å². The molecule has 0 saturated heterocycles. The number of nitrogens with zero attached hydrogens (tertiary/aromatic N) is 5. The lowest BCUT2D eigenvalue weighted by Crippen LogP contribution is -2.26. The van der Waals surface area contributed by atoms with E-state index in [-0.39, 0.29) is 5.82 Å². The second kappa shape index (κ2) is 8.81. The standard InChI is InChI=1S/C24H25FN6/c25-21-9-7-19(8-10-21)24-20(16-26-29-24)17-30-13-12-23-28-27-22(31(23)15-14-30)11-6-18-4-2-1-3-5-18/h1-5,7-10,16H,6,11-15,17H2,(H,26,29). The fourth-order valence-corrected chi connectivity index (χ4v) is 4.21. The van der Waals surface area contributed by atoms with Crippen LogP contribution in [0.3, 0.4) is 0 Å². The molecule has 158 valence electrons. The van der Waals surface area contributed by atoms with Crippen LogP contribution < -0.4 is 0 Å². The molecule has 6 nitrogen and oxygen atoms in total. The molecule has 5 rings (SSSR count). The number of aromatic nitrogens is 5. The van der Waals surface area contributed by atoms with Crippen molar-refractivity contribution in [3.63, 3.8) is 0 Å². The maximum atomic E-state index is 13.3. The number of nitrogens with one attached hydrogen (secondary N) is 1. The normalized spacial score (nSPS) is 14.4. The Balaban J connectivity index is 1.25. The van der Waals surface area contributed by atoms with Gasteiger partial charge in [0, 0.05) is 50.1 Å². The lowest BCUT2D eigenvalue weighted by atomic mass is 10.1. The highest BCUT2D eigenvalue weighted by molar-refractivity contribution is 5.62. The second-order valence-corrected chi connectivity index (χ2v) is 7.97. The van der Waals surface area contributed by atoms with Crippen LogP contribution in [0.4, 0.5) is 4.39 Å². The highest BCUT2D eigenvalue weighted by Crippen LogP contribution is 2.23. The molecule has 1 aliphatic rings. The fourth-order valence-electron chi connectivity index (χ4n) is 4.21. The zero-order chi connectivity index (χ0) is 21.0. The predicted molar refractivity (Wildman–Crippen MR) is 117 cm³/mol. The Labute approximate surface area is 180 Å². The van der Waals surface area contributed by atoms with E-state index in [0.29, 0.717) is 0 Å². The highest BCUT2D eigenvalue weighted by atomic mass is 19.1. The van der Waals surface area contributed by atoms with Gasteiger partial charge in [0.1, 0.15) is 17.5 Å². The summed E-state index contributed by atoms with van der Waals surface area (Å²) in [5.41, 5.74) is 4.34. The number of fused-ring (bicyclic) bond motifs is 1. The molecular weight excluding hydrogens is 391 g/mol. The molecule has 4 aromatic rings. The summed E-state index contributed by atoms with van der Waals surface area (Å²) in [7, 11) is 0. The monoisotopic (exact) mass is 416 g/mol. The largest absolute Gasteiger partial charge is 0.314 e. The molecule has 0 aliphatic carbocycles. The van der Waals surface area contributed by atoms with Crippen molar-refractivity contribution in [2.45, 2.75) is 32.4 Å². The molecule has 1 N–H and O–H groups in total. The number of hydrogen-bond acceptors (Lipinski definition) is 4. The Bertz CT molecular complexity index is 1130. The second-order valence-electron chi connectivity index (χ2n) is 7.97. The van der Waals surface area contributed by atoms with Crippen molar-refractivity contribution >= 4 is 0 Å². The summed E-state index contributed by atoms with van der Waals surface area (Å²) in [6.07, 6.45) is 4.61. The van der Waals surface area contributed by atoms with Crippen LogP contribution in [-0.4, -0.2) is 43.0 Å². The van der Waals surface area contributed by atoms with Gasteiger partial charge in [-0.3, -0.25) is 10.00 Å². The molecule has 0 spiro atoms. The van der Waals surface area contributed by atoms with Gasteiger partial charge in [0.05, 0.1) is 11.9 Å². The van der Waals surface area contributed by atoms with Crippen molar-refractivity contribution in [2.24, 2.45) is 0 Å². The number of halogens is 1. The average Bonchev–Trinajstić information content (AvgIpc) is 3.36. The molecule has 0 saturated carbocycles.